The summed E-state index contributed by atoms with van der Waals surface area (Å²) in [5.41, 5.74) is 1.53. The number of hydrogen-bond donors (Lipinski definition) is 0. The van der Waals surface area contributed by atoms with Crippen LogP contribution in [0.3, 0.4) is 0 Å². The molecule has 0 unspecified atom stereocenters. The summed E-state index contributed by atoms with van der Waals surface area (Å²) in [5.74, 6) is 0.327. The van der Waals surface area contributed by atoms with E-state index in [4.69, 9.17) is 4.74 Å². The number of carbonyl (C=O) groups is 1. The van der Waals surface area contributed by atoms with Gasteiger partial charge in [-0.3, -0.25) is 14.5 Å². The maximum absolute atomic E-state index is 13.4. The van der Waals surface area contributed by atoms with Crippen LogP contribution in [0.4, 0.5) is 0 Å². The van der Waals surface area contributed by atoms with E-state index in [2.05, 4.69) is 10.1 Å². The number of benzene rings is 1. The van der Waals surface area contributed by atoms with Crippen LogP contribution in [0.2, 0.25) is 0 Å². The third-order valence-electron chi connectivity index (χ3n) is 5.23. The lowest BCUT2D eigenvalue weighted by molar-refractivity contribution is 0.0694. The van der Waals surface area contributed by atoms with Crippen molar-refractivity contribution < 1.29 is 17.9 Å². The molecule has 162 valence electrons. The van der Waals surface area contributed by atoms with E-state index in [1.54, 1.807) is 60.7 Å². The average molecular weight is 442 g/mol. The van der Waals surface area contributed by atoms with Crippen molar-refractivity contribution in [3.8, 4) is 17.0 Å². The van der Waals surface area contributed by atoms with Crippen LogP contribution in [-0.2, 0) is 17.1 Å². The molecule has 9 nitrogen and oxygen atoms in total. The molecule has 0 aliphatic carbocycles. The minimum Gasteiger partial charge on any atom is -0.496 e. The van der Waals surface area contributed by atoms with Gasteiger partial charge < -0.3 is 9.64 Å². The summed E-state index contributed by atoms with van der Waals surface area (Å²) in [7, 11) is -0.573. The van der Waals surface area contributed by atoms with Crippen LogP contribution < -0.4 is 4.74 Å². The Labute approximate surface area is 180 Å². The molecule has 0 spiro atoms. The topological polar surface area (TPSA) is 97.6 Å². The van der Waals surface area contributed by atoms with Crippen molar-refractivity contribution in [1.82, 2.24) is 24.0 Å². The fourth-order valence-electron chi connectivity index (χ4n) is 3.63. The second-order valence-electron chi connectivity index (χ2n) is 7.15. The summed E-state index contributed by atoms with van der Waals surface area (Å²) in [6.45, 7) is 0.990. The molecule has 3 aromatic rings. The second kappa shape index (κ2) is 8.48. The second-order valence-corrected chi connectivity index (χ2v) is 9.05. The molecule has 0 bridgehead atoms. The summed E-state index contributed by atoms with van der Waals surface area (Å²) >= 11 is 0. The normalized spacial score (nSPS) is 15.1. The zero-order valence-corrected chi connectivity index (χ0v) is 18.1. The number of carbonyl (C=O) groups excluding carboxylic acids is 1. The third-order valence-corrected chi connectivity index (χ3v) is 7.13. The zero-order valence-electron chi connectivity index (χ0n) is 17.3. The molecular weight excluding hydrogens is 418 g/mol. The average Bonchev–Trinajstić information content (AvgIpc) is 3.22. The Kier molecular flexibility index (Phi) is 5.75. The Morgan fingerprint density at radius 1 is 1.03 bits per heavy atom. The van der Waals surface area contributed by atoms with Crippen molar-refractivity contribution in [1.29, 1.82) is 0 Å². The van der Waals surface area contributed by atoms with E-state index in [9.17, 15) is 13.2 Å². The Hall–Kier alpha value is -3.24. The summed E-state index contributed by atoms with van der Waals surface area (Å²) in [6.07, 6.45) is 4.71. The highest BCUT2D eigenvalue weighted by atomic mass is 32.2. The quantitative estimate of drug-likeness (QED) is 0.597. The number of aryl methyl sites for hydroxylation is 1. The van der Waals surface area contributed by atoms with Crippen molar-refractivity contribution in [2.75, 3.05) is 33.3 Å². The number of sulfonamides is 1. The minimum absolute atomic E-state index is 0.144. The first-order valence-electron chi connectivity index (χ1n) is 9.78. The molecule has 4 rings (SSSR count). The van der Waals surface area contributed by atoms with Gasteiger partial charge in [-0.2, -0.15) is 9.40 Å². The van der Waals surface area contributed by atoms with Crippen molar-refractivity contribution in [3.63, 3.8) is 0 Å². The molecule has 1 aliphatic heterocycles. The van der Waals surface area contributed by atoms with Crippen molar-refractivity contribution >= 4 is 15.9 Å². The maximum Gasteiger partial charge on any atom is 0.257 e. The predicted octanol–water partition coefficient (Wildman–Crippen LogP) is 1.64. The SMILES string of the molecule is COc1ccccc1C(=O)N1CCN(S(=O)(=O)c2cn(C)nc2-c2ccncc2)CC1. The van der Waals surface area contributed by atoms with Gasteiger partial charge in [0.2, 0.25) is 10.0 Å². The molecular formula is C21H23N5O4S. The molecule has 3 heterocycles. The van der Waals surface area contributed by atoms with Crippen LogP contribution in [0, 0.1) is 0 Å². The molecule has 0 atom stereocenters. The van der Waals surface area contributed by atoms with E-state index in [1.165, 1.54) is 22.3 Å². The number of amides is 1. The van der Waals surface area contributed by atoms with E-state index < -0.39 is 10.0 Å². The van der Waals surface area contributed by atoms with Gasteiger partial charge in [-0.05, 0) is 24.3 Å². The molecule has 31 heavy (non-hydrogen) atoms. The van der Waals surface area contributed by atoms with Gasteiger partial charge in [0.1, 0.15) is 16.3 Å². The standard InChI is InChI=1S/C21H23N5O4S/c1-24-15-19(20(23-24)16-7-9-22-10-8-16)31(28,29)26-13-11-25(12-14-26)21(27)17-5-3-4-6-18(17)30-2/h3-10,15H,11-14H2,1-2H3. The number of rotatable bonds is 5. The number of pyridine rings is 1. The third kappa shape index (κ3) is 4.04. The number of ether oxygens (including phenoxy) is 1. The molecule has 1 fully saturated rings. The van der Waals surface area contributed by atoms with E-state index in [1.807, 2.05) is 0 Å². The van der Waals surface area contributed by atoms with Gasteiger partial charge in [0.15, 0.2) is 0 Å². The highest BCUT2D eigenvalue weighted by Crippen LogP contribution is 2.29. The molecule has 10 heteroatoms. The smallest absolute Gasteiger partial charge is 0.257 e. The summed E-state index contributed by atoms with van der Waals surface area (Å²) in [5, 5.41) is 4.35. The van der Waals surface area contributed by atoms with E-state index in [0.29, 0.717) is 35.7 Å². The molecule has 0 N–H and O–H groups in total. The number of aromatic nitrogens is 3. The first kappa shape index (κ1) is 21.0. The minimum atomic E-state index is -3.78. The molecule has 0 radical (unpaired) electrons. The zero-order chi connectivity index (χ0) is 22.0. The molecule has 0 saturated carbocycles. The molecule has 2 aromatic heterocycles. The fraction of sp³-hybridized carbons (Fsp3) is 0.286. The first-order chi connectivity index (χ1) is 14.9. The van der Waals surface area contributed by atoms with Gasteiger partial charge in [-0.25, -0.2) is 8.42 Å². The maximum atomic E-state index is 13.4. The Morgan fingerprint density at radius 2 is 1.71 bits per heavy atom. The molecule has 1 aliphatic rings. The van der Waals surface area contributed by atoms with E-state index in [-0.39, 0.29) is 23.9 Å². The lowest BCUT2D eigenvalue weighted by Gasteiger charge is -2.34. The van der Waals surface area contributed by atoms with Gasteiger partial charge >= 0.3 is 0 Å². The number of para-hydroxylation sites is 1. The van der Waals surface area contributed by atoms with Gasteiger partial charge in [0, 0.05) is 57.4 Å². The van der Waals surface area contributed by atoms with Crippen molar-refractivity contribution in [3.05, 3.63) is 60.6 Å². The highest BCUT2D eigenvalue weighted by Gasteiger charge is 2.34. The monoisotopic (exact) mass is 441 g/mol. The predicted molar refractivity (Wildman–Crippen MR) is 114 cm³/mol. The van der Waals surface area contributed by atoms with Crippen molar-refractivity contribution in [2.45, 2.75) is 4.90 Å². The lowest BCUT2D eigenvalue weighted by atomic mass is 10.1. The highest BCUT2D eigenvalue weighted by molar-refractivity contribution is 7.89. The van der Waals surface area contributed by atoms with Gasteiger partial charge in [-0.15, -0.1) is 0 Å². The molecule has 1 saturated heterocycles. The Bertz CT molecular complexity index is 1190. The van der Waals surface area contributed by atoms with Crippen LogP contribution >= 0.6 is 0 Å². The van der Waals surface area contributed by atoms with Crippen molar-refractivity contribution in [2.24, 2.45) is 7.05 Å². The number of nitrogens with zero attached hydrogens (tertiary/aromatic N) is 5. The van der Waals surface area contributed by atoms with E-state index in [0.717, 1.165) is 0 Å². The van der Waals surface area contributed by atoms with Crippen LogP contribution in [-0.4, -0.2) is 71.6 Å². The van der Waals surface area contributed by atoms with Crippen LogP contribution in [0.1, 0.15) is 10.4 Å². The summed E-state index contributed by atoms with van der Waals surface area (Å²) < 4.78 is 34.9. The number of methoxy groups -OCH3 is 1. The molecule has 1 amide bonds. The summed E-state index contributed by atoms with van der Waals surface area (Å²) in [6, 6.07) is 10.5. The first-order valence-corrected chi connectivity index (χ1v) is 11.2. The number of hydrogen-bond acceptors (Lipinski definition) is 6. The van der Waals surface area contributed by atoms with Gasteiger partial charge in [0.25, 0.3) is 5.91 Å². The Balaban J connectivity index is 1.54. The van der Waals surface area contributed by atoms with Crippen LogP contribution in [0.25, 0.3) is 11.3 Å². The van der Waals surface area contributed by atoms with E-state index >= 15 is 0 Å². The number of piperazine rings is 1. The van der Waals surface area contributed by atoms with Crippen LogP contribution in [0.15, 0.2) is 59.9 Å². The molecule has 1 aromatic carbocycles. The van der Waals surface area contributed by atoms with Gasteiger partial charge in [-0.1, -0.05) is 12.1 Å². The largest absolute Gasteiger partial charge is 0.496 e. The van der Waals surface area contributed by atoms with Gasteiger partial charge in [0.05, 0.1) is 12.7 Å². The summed E-state index contributed by atoms with van der Waals surface area (Å²) in [4.78, 5) is 18.7. The van der Waals surface area contributed by atoms with Crippen LogP contribution in [0.5, 0.6) is 5.75 Å². The Morgan fingerprint density at radius 3 is 2.39 bits per heavy atom. The fourth-order valence-corrected chi connectivity index (χ4v) is 5.24. The lowest BCUT2D eigenvalue weighted by Crippen LogP contribution is -2.50.